The molecule has 0 amide bonds. The molecule has 0 saturated heterocycles. The highest BCUT2D eigenvalue weighted by Crippen LogP contribution is 2.31. The summed E-state index contributed by atoms with van der Waals surface area (Å²) in [5.74, 6) is -1.09. The summed E-state index contributed by atoms with van der Waals surface area (Å²) in [6.45, 7) is 1.76. The summed E-state index contributed by atoms with van der Waals surface area (Å²) in [7, 11) is 0. The number of aromatic nitrogens is 1. The first-order chi connectivity index (χ1) is 9.34. The van der Waals surface area contributed by atoms with Gasteiger partial charge in [-0.25, -0.2) is 4.79 Å². The Kier molecular flexibility index (Phi) is 3.57. The Labute approximate surface area is 113 Å². The number of benzene rings is 1. The molecule has 0 saturated carbocycles. The van der Waals surface area contributed by atoms with Gasteiger partial charge in [0.15, 0.2) is 0 Å². The molecule has 20 heavy (non-hydrogen) atoms. The molecule has 2 rings (SSSR count). The van der Waals surface area contributed by atoms with E-state index in [-0.39, 0.29) is 5.56 Å². The van der Waals surface area contributed by atoms with Crippen molar-refractivity contribution >= 4 is 5.97 Å². The lowest BCUT2D eigenvalue weighted by molar-refractivity contribution is -0.137. The molecule has 0 aliphatic heterocycles. The SMILES string of the molecule is CCc1c(C(=O)O)ccn1-c1cccc(C(F)(F)F)c1. The average Bonchev–Trinajstić information content (AvgIpc) is 2.81. The molecule has 0 aliphatic rings. The van der Waals surface area contributed by atoms with Gasteiger partial charge in [-0.15, -0.1) is 0 Å². The van der Waals surface area contributed by atoms with Crippen molar-refractivity contribution < 1.29 is 23.1 Å². The second-order valence-corrected chi connectivity index (χ2v) is 4.25. The van der Waals surface area contributed by atoms with Crippen molar-refractivity contribution in [2.75, 3.05) is 0 Å². The molecule has 106 valence electrons. The zero-order chi connectivity index (χ0) is 14.9. The van der Waals surface area contributed by atoms with Gasteiger partial charge < -0.3 is 9.67 Å². The maximum absolute atomic E-state index is 12.7. The van der Waals surface area contributed by atoms with E-state index < -0.39 is 17.7 Å². The topological polar surface area (TPSA) is 42.2 Å². The van der Waals surface area contributed by atoms with Crippen LogP contribution in [0.15, 0.2) is 36.5 Å². The van der Waals surface area contributed by atoms with E-state index >= 15 is 0 Å². The van der Waals surface area contributed by atoms with Crippen LogP contribution in [-0.4, -0.2) is 15.6 Å². The zero-order valence-electron chi connectivity index (χ0n) is 10.6. The molecule has 1 aromatic heterocycles. The van der Waals surface area contributed by atoms with Gasteiger partial charge in [-0.05, 0) is 30.7 Å². The number of halogens is 3. The van der Waals surface area contributed by atoms with Gasteiger partial charge in [0, 0.05) is 17.6 Å². The van der Waals surface area contributed by atoms with E-state index in [1.54, 1.807) is 6.92 Å². The molecule has 0 spiro atoms. The van der Waals surface area contributed by atoms with Crippen molar-refractivity contribution in [2.45, 2.75) is 19.5 Å². The van der Waals surface area contributed by atoms with Crippen LogP contribution < -0.4 is 0 Å². The van der Waals surface area contributed by atoms with Crippen LogP contribution in [0.4, 0.5) is 13.2 Å². The minimum atomic E-state index is -4.43. The van der Waals surface area contributed by atoms with Crippen molar-refractivity contribution in [1.82, 2.24) is 4.57 Å². The summed E-state index contributed by atoms with van der Waals surface area (Å²) in [5, 5.41) is 9.05. The van der Waals surface area contributed by atoms with Gasteiger partial charge >= 0.3 is 12.1 Å². The summed E-state index contributed by atoms with van der Waals surface area (Å²) in [4.78, 5) is 11.1. The van der Waals surface area contributed by atoms with Crippen LogP contribution in [0.25, 0.3) is 5.69 Å². The lowest BCUT2D eigenvalue weighted by atomic mass is 10.1. The second-order valence-electron chi connectivity index (χ2n) is 4.25. The molecule has 1 heterocycles. The van der Waals surface area contributed by atoms with E-state index in [1.165, 1.54) is 29.0 Å². The molecule has 1 N–H and O–H groups in total. The predicted molar refractivity (Wildman–Crippen MR) is 67.1 cm³/mol. The number of carboxylic acids is 1. The second kappa shape index (κ2) is 5.03. The third-order valence-corrected chi connectivity index (χ3v) is 3.01. The molecule has 0 unspecified atom stereocenters. The molecule has 2 aromatic rings. The van der Waals surface area contributed by atoms with Gasteiger partial charge in [-0.1, -0.05) is 13.0 Å². The number of rotatable bonds is 3. The smallest absolute Gasteiger partial charge is 0.416 e. The predicted octanol–water partition coefficient (Wildman–Crippen LogP) is 3.76. The highest BCUT2D eigenvalue weighted by molar-refractivity contribution is 5.89. The van der Waals surface area contributed by atoms with Crippen LogP contribution in [-0.2, 0) is 12.6 Å². The Morgan fingerprint density at radius 2 is 2.00 bits per heavy atom. The third-order valence-electron chi connectivity index (χ3n) is 3.01. The molecule has 0 aliphatic carbocycles. The van der Waals surface area contributed by atoms with E-state index in [0.717, 1.165) is 12.1 Å². The summed E-state index contributed by atoms with van der Waals surface area (Å²) >= 11 is 0. The van der Waals surface area contributed by atoms with E-state index in [2.05, 4.69) is 0 Å². The Bertz CT molecular complexity index is 644. The minimum absolute atomic E-state index is 0.102. The first-order valence-corrected chi connectivity index (χ1v) is 5.95. The monoisotopic (exact) mass is 283 g/mol. The summed E-state index contributed by atoms with van der Waals surface area (Å²) in [6.07, 6.45) is -2.55. The fraction of sp³-hybridized carbons (Fsp3) is 0.214. The number of alkyl halides is 3. The number of carbonyl (C=O) groups is 1. The van der Waals surface area contributed by atoms with Crippen molar-refractivity contribution in [3.8, 4) is 5.69 Å². The molecule has 0 radical (unpaired) electrons. The number of nitrogens with zero attached hydrogens (tertiary/aromatic N) is 1. The molecule has 0 atom stereocenters. The normalized spacial score (nSPS) is 11.6. The lowest BCUT2D eigenvalue weighted by Crippen LogP contribution is -2.08. The van der Waals surface area contributed by atoms with Crippen LogP contribution in [0, 0.1) is 0 Å². The lowest BCUT2D eigenvalue weighted by Gasteiger charge is -2.12. The van der Waals surface area contributed by atoms with Crippen LogP contribution in [0.2, 0.25) is 0 Å². The van der Waals surface area contributed by atoms with E-state index in [0.29, 0.717) is 17.8 Å². The van der Waals surface area contributed by atoms with Crippen LogP contribution in [0.3, 0.4) is 0 Å². The number of hydrogen-bond donors (Lipinski definition) is 1. The number of aromatic carboxylic acids is 1. The maximum Gasteiger partial charge on any atom is 0.416 e. The highest BCUT2D eigenvalue weighted by Gasteiger charge is 2.30. The highest BCUT2D eigenvalue weighted by atomic mass is 19.4. The summed E-state index contributed by atoms with van der Waals surface area (Å²) in [5.41, 5.74) is 0.105. The standard InChI is InChI=1S/C14H12F3NO2/c1-2-12-11(13(19)20)6-7-18(12)10-5-3-4-9(8-10)14(15,16)17/h3-8H,2H2,1H3,(H,19,20). The summed E-state index contributed by atoms with van der Waals surface area (Å²) in [6, 6.07) is 6.20. The Morgan fingerprint density at radius 3 is 2.55 bits per heavy atom. The van der Waals surface area contributed by atoms with Gasteiger partial charge in [-0.2, -0.15) is 13.2 Å². The summed E-state index contributed by atoms with van der Waals surface area (Å²) < 4.78 is 39.6. The Hall–Kier alpha value is -2.24. The van der Waals surface area contributed by atoms with Crippen molar-refractivity contribution in [3.63, 3.8) is 0 Å². The minimum Gasteiger partial charge on any atom is -0.478 e. The zero-order valence-corrected chi connectivity index (χ0v) is 10.6. The molecular weight excluding hydrogens is 271 g/mol. The molecule has 1 aromatic carbocycles. The molecule has 3 nitrogen and oxygen atoms in total. The van der Waals surface area contributed by atoms with Crippen molar-refractivity contribution in [2.24, 2.45) is 0 Å². The van der Waals surface area contributed by atoms with Gasteiger partial charge in [0.1, 0.15) is 0 Å². The first kappa shape index (κ1) is 14.2. The van der Waals surface area contributed by atoms with Gasteiger partial charge in [0.25, 0.3) is 0 Å². The quantitative estimate of drug-likeness (QED) is 0.932. The van der Waals surface area contributed by atoms with E-state index in [1.807, 2.05) is 0 Å². The number of hydrogen-bond acceptors (Lipinski definition) is 1. The number of carboxylic acid groups (broad SMARTS) is 1. The first-order valence-electron chi connectivity index (χ1n) is 5.95. The van der Waals surface area contributed by atoms with Crippen molar-refractivity contribution in [3.05, 3.63) is 53.3 Å². The Morgan fingerprint density at radius 1 is 1.30 bits per heavy atom. The largest absolute Gasteiger partial charge is 0.478 e. The van der Waals surface area contributed by atoms with Crippen LogP contribution in [0.5, 0.6) is 0 Å². The average molecular weight is 283 g/mol. The fourth-order valence-electron chi connectivity index (χ4n) is 2.09. The van der Waals surface area contributed by atoms with Gasteiger partial charge in [0.05, 0.1) is 11.1 Å². The van der Waals surface area contributed by atoms with Gasteiger partial charge in [-0.3, -0.25) is 0 Å². The molecule has 6 heteroatoms. The molecule has 0 bridgehead atoms. The fourth-order valence-corrected chi connectivity index (χ4v) is 2.09. The van der Waals surface area contributed by atoms with Crippen LogP contribution >= 0.6 is 0 Å². The maximum atomic E-state index is 12.7. The van der Waals surface area contributed by atoms with Crippen molar-refractivity contribution in [1.29, 1.82) is 0 Å². The van der Waals surface area contributed by atoms with Gasteiger partial charge in [0.2, 0.25) is 0 Å². The van der Waals surface area contributed by atoms with E-state index in [9.17, 15) is 18.0 Å². The third kappa shape index (κ3) is 2.54. The van der Waals surface area contributed by atoms with E-state index in [4.69, 9.17) is 5.11 Å². The van der Waals surface area contributed by atoms with Crippen LogP contribution in [0.1, 0.15) is 28.5 Å². The Balaban J connectivity index is 2.55. The molecule has 0 fully saturated rings. The molecular formula is C14H12F3NO2.